The van der Waals surface area contributed by atoms with Crippen molar-refractivity contribution in [3.05, 3.63) is 89.0 Å². The molecule has 1 saturated heterocycles. The molecule has 32 heavy (non-hydrogen) atoms. The molecule has 3 aliphatic rings. The van der Waals surface area contributed by atoms with Gasteiger partial charge < -0.3 is 10.0 Å². The number of hydrogen-bond acceptors (Lipinski definition) is 3. The first-order valence-corrected chi connectivity index (χ1v) is 11.2. The minimum Gasteiger partial charge on any atom is -0.388 e. The summed E-state index contributed by atoms with van der Waals surface area (Å²) in [6, 6.07) is 17.2. The number of benzene rings is 2. The molecule has 1 N–H and O–H groups in total. The Morgan fingerprint density at radius 1 is 1.16 bits per heavy atom. The van der Waals surface area contributed by atoms with Crippen LogP contribution in [0.1, 0.15) is 66.2 Å². The van der Waals surface area contributed by atoms with Gasteiger partial charge in [0.2, 0.25) is 0 Å². The largest absolute Gasteiger partial charge is 0.388 e. The molecule has 1 spiro atoms. The van der Waals surface area contributed by atoms with Gasteiger partial charge in [0.25, 0.3) is 5.91 Å². The summed E-state index contributed by atoms with van der Waals surface area (Å²) in [6.07, 6.45) is 2.69. The first kappa shape index (κ1) is 18.5. The van der Waals surface area contributed by atoms with E-state index in [-0.39, 0.29) is 18.0 Å². The van der Waals surface area contributed by atoms with Crippen molar-refractivity contribution in [2.24, 2.45) is 0 Å². The number of hydrogen-bond donors (Lipinski definition) is 1. The van der Waals surface area contributed by atoms with Crippen molar-refractivity contribution in [2.45, 2.75) is 43.1 Å². The molecule has 4 nitrogen and oxygen atoms in total. The lowest BCUT2D eigenvalue weighted by Gasteiger charge is -2.25. The van der Waals surface area contributed by atoms with Crippen LogP contribution in [0.3, 0.4) is 0 Å². The summed E-state index contributed by atoms with van der Waals surface area (Å²) in [5.41, 5.74) is 4.87. The number of halogens is 1. The zero-order valence-electron chi connectivity index (χ0n) is 18.7. The predicted octanol–water partition coefficient (Wildman–Crippen LogP) is 4.99. The molecule has 162 valence electrons. The Labute approximate surface area is 188 Å². The number of aromatic nitrogens is 1. The molecule has 1 saturated carbocycles. The predicted molar refractivity (Wildman–Crippen MR) is 120 cm³/mol. The third kappa shape index (κ3) is 3.15. The summed E-state index contributed by atoms with van der Waals surface area (Å²) in [4.78, 5) is 18.6. The van der Waals surface area contributed by atoms with Crippen molar-refractivity contribution in [1.29, 1.82) is 0 Å². The smallest absolute Gasteiger partial charge is 0.272 e. The topological polar surface area (TPSA) is 53.4 Å². The van der Waals surface area contributed by atoms with E-state index in [0.717, 1.165) is 17.3 Å². The highest BCUT2D eigenvalue weighted by atomic mass is 19.1. The molecular formula is C27H25FN2O2. The first-order valence-electron chi connectivity index (χ1n) is 11.7. The highest BCUT2D eigenvalue weighted by Gasteiger charge is 2.48. The van der Waals surface area contributed by atoms with E-state index < -0.39 is 17.3 Å². The highest BCUT2D eigenvalue weighted by Crippen LogP contribution is 2.52. The van der Waals surface area contributed by atoms with Gasteiger partial charge >= 0.3 is 0 Å². The second kappa shape index (κ2) is 7.24. The van der Waals surface area contributed by atoms with Gasteiger partial charge in [0.15, 0.2) is 0 Å². The van der Waals surface area contributed by atoms with Gasteiger partial charge in [-0.15, -0.1) is 0 Å². The van der Waals surface area contributed by atoms with Crippen molar-refractivity contribution in [1.82, 2.24) is 9.88 Å². The van der Waals surface area contributed by atoms with Crippen molar-refractivity contribution in [3.63, 3.8) is 0 Å². The van der Waals surface area contributed by atoms with E-state index in [1.807, 2.05) is 18.2 Å². The monoisotopic (exact) mass is 429 g/mol. The molecule has 2 aliphatic carbocycles. The Morgan fingerprint density at radius 3 is 2.78 bits per heavy atom. The van der Waals surface area contributed by atoms with Crippen molar-refractivity contribution in [3.8, 4) is 11.1 Å². The average Bonchev–Trinajstić information content (AvgIpc) is 3.54. The van der Waals surface area contributed by atoms with Crippen LogP contribution in [-0.2, 0) is 5.41 Å². The number of nitrogens with zero attached hydrogens (tertiary/aromatic N) is 2. The summed E-state index contributed by atoms with van der Waals surface area (Å²) < 4.78 is 21.9. The van der Waals surface area contributed by atoms with Gasteiger partial charge in [-0.25, -0.2) is 9.37 Å². The van der Waals surface area contributed by atoms with Gasteiger partial charge in [0, 0.05) is 18.5 Å². The van der Waals surface area contributed by atoms with Crippen LogP contribution < -0.4 is 0 Å². The molecule has 1 aromatic heterocycles. The van der Waals surface area contributed by atoms with Crippen molar-refractivity contribution >= 4 is 5.91 Å². The van der Waals surface area contributed by atoms with Crippen LogP contribution >= 0.6 is 0 Å². The quantitative estimate of drug-likeness (QED) is 0.638. The van der Waals surface area contributed by atoms with Gasteiger partial charge in [-0.3, -0.25) is 4.79 Å². The number of aliphatic hydroxyl groups is 1. The third-order valence-electron chi connectivity index (χ3n) is 7.28. The maximum atomic E-state index is 13.2. The van der Waals surface area contributed by atoms with Gasteiger partial charge in [-0.05, 0) is 77.6 Å². The van der Waals surface area contributed by atoms with Crippen LogP contribution in [-0.4, -0.2) is 34.0 Å². The minimum atomic E-state index is -1.70. The zero-order chi connectivity index (χ0) is 22.8. The first-order chi connectivity index (χ1) is 15.9. The van der Waals surface area contributed by atoms with Gasteiger partial charge in [-0.1, -0.05) is 36.4 Å². The second-order valence-electron chi connectivity index (χ2n) is 9.36. The second-order valence-corrected chi connectivity index (χ2v) is 9.36. The summed E-state index contributed by atoms with van der Waals surface area (Å²) in [5, 5.41) is 11.1. The van der Waals surface area contributed by atoms with E-state index >= 15 is 0 Å². The summed E-state index contributed by atoms with van der Waals surface area (Å²) in [7, 11) is 0. The van der Waals surface area contributed by atoms with Crippen molar-refractivity contribution in [2.75, 3.05) is 13.1 Å². The lowest BCUT2D eigenvalue weighted by atomic mass is 9.80. The molecule has 1 amide bonds. The number of carbonyl (C=O) groups is 1. The Hall–Kier alpha value is -3.05. The Kier molecular flexibility index (Phi) is 4.19. The summed E-state index contributed by atoms with van der Waals surface area (Å²) in [5.74, 6) is -0.124. The van der Waals surface area contributed by atoms with E-state index in [2.05, 4.69) is 29.2 Å². The van der Waals surface area contributed by atoms with E-state index in [4.69, 9.17) is 1.37 Å². The maximum Gasteiger partial charge on any atom is 0.272 e. The van der Waals surface area contributed by atoms with E-state index in [9.17, 15) is 14.3 Å². The lowest BCUT2D eigenvalue weighted by molar-refractivity contribution is 0.0770. The Morgan fingerprint density at radius 2 is 2.00 bits per heavy atom. The number of pyridine rings is 1. The maximum absolute atomic E-state index is 13.2. The molecule has 2 unspecified atom stereocenters. The number of fused-ring (bicyclic) bond motifs is 2. The molecule has 0 radical (unpaired) electrons. The zero-order valence-corrected chi connectivity index (χ0v) is 17.7. The molecule has 3 aromatic rings. The number of rotatable bonds is 3. The standard InChI is InChI=1S/C27H25FN2O2/c28-19-8-10-24(29-15-19)26(32)30-12-11-27(16-30)14-25(31)22-13-18(7-9-23(22)27)21-4-2-1-3-20(21)17-5-6-17/h1-4,7-10,13,15,17,25,31H,5-6,11-12,14,16H2/i25D. The molecule has 2 atom stereocenters. The van der Waals surface area contributed by atoms with E-state index in [1.165, 1.54) is 36.1 Å². The van der Waals surface area contributed by atoms with Crippen LogP contribution in [0.25, 0.3) is 11.1 Å². The fourth-order valence-corrected chi connectivity index (χ4v) is 5.51. The van der Waals surface area contributed by atoms with Crippen LogP contribution in [0.2, 0.25) is 0 Å². The molecular weight excluding hydrogens is 403 g/mol. The number of likely N-dealkylation sites (tertiary alicyclic amines) is 1. The fraction of sp³-hybridized carbons (Fsp3) is 0.333. The molecule has 5 heteroatoms. The molecule has 2 aromatic carbocycles. The third-order valence-corrected chi connectivity index (χ3v) is 7.28. The van der Waals surface area contributed by atoms with Crippen LogP contribution in [0, 0.1) is 5.82 Å². The highest BCUT2D eigenvalue weighted by molar-refractivity contribution is 5.92. The Bertz CT molecular complexity index is 1260. The summed E-state index contributed by atoms with van der Waals surface area (Å²) >= 11 is 0. The number of amides is 1. The van der Waals surface area contributed by atoms with Crippen LogP contribution in [0.4, 0.5) is 4.39 Å². The van der Waals surface area contributed by atoms with Gasteiger partial charge in [-0.2, -0.15) is 0 Å². The SMILES string of the molecule is [2H]C1(O)CC2(CCN(C(=O)c3ccc(F)cn3)C2)c2ccc(-c3ccccc3C3CC3)cc21. The minimum absolute atomic E-state index is 0.208. The fourth-order valence-electron chi connectivity index (χ4n) is 5.51. The van der Waals surface area contributed by atoms with Gasteiger partial charge in [0.05, 0.1) is 13.6 Å². The molecule has 6 rings (SSSR count). The summed E-state index contributed by atoms with van der Waals surface area (Å²) in [6.45, 7) is 0.927. The van der Waals surface area contributed by atoms with Crippen LogP contribution in [0.15, 0.2) is 60.8 Å². The molecule has 2 heterocycles. The lowest BCUT2D eigenvalue weighted by Crippen LogP contribution is -2.33. The van der Waals surface area contributed by atoms with Crippen LogP contribution in [0.5, 0.6) is 0 Å². The Balaban J connectivity index is 1.34. The molecule has 2 fully saturated rings. The van der Waals surface area contributed by atoms with E-state index in [0.29, 0.717) is 31.0 Å². The number of carbonyl (C=O) groups excluding carboxylic acids is 1. The molecule has 0 bridgehead atoms. The van der Waals surface area contributed by atoms with E-state index in [1.54, 1.807) is 4.90 Å². The average molecular weight is 430 g/mol. The normalized spacial score (nSPS) is 26.9. The van der Waals surface area contributed by atoms with Crippen molar-refractivity contribution < 1.29 is 15.7 Å². The van der Waals surface area contributed by atoms with Gasteiger partial charge in [0.1, 0.15) is 11.5 Å². The molecule has 1 aliphatic heterocycles.